The van der Waals surface area contributed by atoms with E-state index in [4.69, 9.17) is 11.6 Å². The van der Waals surface area contributed by atoms with Crippen molar-refractivity contribution in [2.24, 2.45) is 0 Å². The van der Waals surface area contributed by atoms with Crippen LogP contribution in [0.15, 0.2) is 48.7 Å². The zero-order valence-corrected chi connectivity index (χ0v) is 16.2. The quantitative estimate of drug-likeness (QED) is 0.715. The highest BCUT2D eigenvalue weighted by Gasteiger charge is 2.19. The largest absolute Gasteiger partial charge is 0.368 e. The highest BCUT2D eigenvalue weighted by Crippen LogP contribution is 2.24. The van der Waals surface area contributed by atoms with Gasteiger partial charge in [0.05, 0.1) is 6.20 Å². The van der Waals surface area contributed by atoms with Crippen molar-refractivity contribution in [3.63, 3.8) is 0 Å². The molecule has 0 unspecified atom stereocenters. The first-order valence-electron chi connectivity index (χ1n) is 9.07. The summed E-state index contributed by atoms with van der Waals surface area (Å²) in [6.07, 6.45) is 1.67. The first-order valence-corrected chi connectivity index (χ1v) is 9.45. The van der Waals surface area contributed by atoms with E-state index in [0.717, 1.165) is 48.9 Å². The average Bonchev–Trinajstić information content (AvgIpc) is 2.72. The predicted molar refractivity (Wildman–Crippen MR) is 110 cm³/mol. The second kappa shape index (κ2) is 7.98. The minimum atomic E-state index is -0.218. The molecule has 1 aliphatic rings. The van der Waals surface area contributed by atoms with E-state index in [1.165, 1.54) is 12.1 Å². The van der Waals surface area contributed by atoms with Crippen LogP contribution in [0.3, 0.4) is 0 Å². The molecule has 0 radical (unpaired) electrons. The van der Waals surface area contributed by atoms with Gasteiger partial charge in [-0.15, -0.1) is 5.10 Å². The maximum Gasteiger partial charge on any atom is 0.249 e. The van der Waals surface area contributed by atoms with E-state index >= 15 is 0 Å². The number of piperazine rings is 1. The zero-order valence-electron chi connectivity index (χ0n) is 15.4. The van der Waals surface area contributed by atoms with Crippen LogP contribution in [0.4, 0.5) is 27.5 Å². The van der Waals surface area contributed by atoms with E-state index in [1.807, 2.05) is 37.3 Å². The van der Waals surface area contributed by atoms with Crippen molar-refractivity contribution in [2.45, 2.75) is 6.92 Å². The fraction of sp³-hybridized carbons (Fsp3) is 0.250. The minimum Gasteiger partial charge on any atom is -0.368 e. The Morgan fingerprint density at radius 2 is 1.71 bits per heavy atom. The number of rotatable bonds is 4. The summed E-state index contributed by atoms with van der Waals surface area (Å²) in [6.45, 7) is 5.24. The smallest absolute Gasteiger partial charge is 0.249 e. The topological polar surface area (TPSA) is 57.2 Å². The molecule has 3 aromatic rings. The number of nitrogens with zero attached hydrogens (tertiary/aromatic N) is 5. The molecule has 0 bridgehead atoms. The van der Waals surface area contributed by atoms with Crippen molar-refractivity contribution in [1.82, 2.24) is 15.2 Å². The van der Waals surface area contributed by atoms with Crippen LogP contribution in [0.2, 0.25) is 5.02 Å². The Kier molecular flexibility index (Phi) is 5.25. The summed E-state index contributed by atoms with van der Waals surface area (Å²) in [6, 6.07) is 12.2. The van der Waals surface area contributed by atoms with Gasteiger partial charge in [0, 0.05) is 42.6 Å². The van der Waals surface area contributed by atoms with Gasteiger partial charge in [0.25, 0.3) is 0 Å². The molecule has 8 heteroatoms. The number of aryl methyl sites for hydroxylation is 1. The van der Waals surface area contributed by atoms with Crippen LogP contribution in [0, 0.1) is 12.7 Å². The van der Waals surface area contributed by atoms with Gasteiger partial charge in [-0.25, -0.2) is 4.39 Å². The molecule has 4 rings (SSSR count). The summed E-state index contributed by atoms with van der Waals surface area (Å²) in [5, 5.41) is 12.0. The predicted octanol–water partition coefficient (Wildman–Crippen LogP) is 4.04. The van der Waals surface area contributed by atoms with E-state index in [0.29, 0.717) is 11.0 Å². The van der Waals surface area contributed by atoms with Gasteiger partial charge >= 0.3 is 0 Å². The molecule has 1 N–H and O–H groups in total. The lowest BCUT2D eigenvalue weighted by Gasteiger charge is -2.36. The Bertz CT molecular complexity index is 957. The number of aromatic nitrogens is 3. The van der Waals surface area contributed by atoms with Gasteiger partial charge in [-0.3, -0.25) is 0 Å². The van der Waals surface area contributed by atoms with Gasteiger partial charge in [0.15, 0.2) is 5.82 Å². The molecule has 0 aliphatic carbocycles. The van der Waals surface area contributed by atoms with Crippen molar-refractivity contribution in [3.8, 4) is 0 Å². The second-order valence-corrected chi connectivity index (χ2v) is 7.11. The standard InChI is InChI=1S/C20H20ClFN6/c1-14-2-3-15(21)12-18(14)24-20-25-19(13-23-26-20)28-10-8-27(9-11-28)17-6-4-16(22)5-7-17/h2-7,12-13H,8-11H2,1H3,(H,24,25,26). The molecule has 2 aromatic carbocycles. The lowest BCUT2D eigenvalue weighted by Crippen LogP contribution is -2.46. The summed E-state index contributed by atoms with van der Waals surface area (Å²) in [5.74, 6) is 0.990. The van der Waals surface area contributed by atoms with Crippen molar-refractivity contribution >= 4 is 34.7 Å². The van der Waals surface area contributed by atoms with E-state index in [-0.39, 0.29) is 5.82 Å². The van der Waals surface area contributed by atoms with Crippen LogP contribution in [-0.2, 0) is 0 Å². The third kappa shape index (κ3) is 4.14. The van der Waals surface area contributed by atoms with Crippen molar-refractivity contribution < 1.29 is 4.39 Å². The first-order chi connectivity index (χ1) is 13.6. The Morgan fingerprint density at radius 1 is 1.00 bits per heavy atom. The highest BCUT2D eigenvalue weighted by molar-refractivity contribution is 6.30. The molecule has 1 aromatic heterocycles. The molecule has 2 heterocycles. The summed E-state index contributed by atoms with van der Waals surface area (Å²) < 4.78 is 13.1. The van der Waals surface area contributed by atoms with Crippen LogP contribution in [0.1, 0.15) is 5.56 Å². The van der Waals surface area contributed by atoms with E-state index < -0.39 is 0 Å². The lowest BCUT2D eigenvalue weighted by molar-refractivity contribution is 0.624. The Hall–Kier alpha value is -2.93. The summed E-state index contributed by atoms with van der Waals surface area (Å²) in [5.41, 5.74) is 2.93. The molecule has 28 heavy (non-hydrogen) atoms. The van der Waals surface area contributed by atoms with Crippen LogP contribution < -0.4 is 15.1 Å². The Labute approximate surface area is 168 Å². The van der Waals surface area contributed by atoms with Crippen LogP contribution in [-0.4, -0.2) is 41.4 Å². The normalized spacial score (nSPS) is 14.2. The van der Waals surface area contributed by atoms with E-state index in [1.54, 1.807) is 6.20 Å². The zero-order chi connectivity index (χ0) is 19.5. The molecular weight excluding hydrogens is 379 g/mol. The molecule has 144 valence electrons. The lowest BCUT2D eigenvalue weighted by atomic mass is 10.2. The Morgan fingerprint density at radius 3 is 2.46 bits per heavy atom. The first kappa shape index (κ1) is 18.4. The van der Waals surface area contributed by atoms with Gasteiger partial charge < -0.3 is 15.1 Å². The third-order valence-electron chi connectivity index (χ3n) is 4.79. The fourth-order valence-corrected chi connectivity index (χ4v) is 3.37. The van der Waals surface area contributed by atoms with Crippen molar-refractivity contribution in [1.29, 1.82) is 0 Å². The maximum atomic E-state index is 13.1. The summed E-state index contributed by atoms with van der Waals surface area (Å²) in [7, 11) is 0. The summed E-state index contributed by atoms with van der Waals surface area (Å²) >= 11 is 6.08. The molecule has 0 spiro atoms. The number of halogens is 2. The average molecular weight is 399 g/mol. The Balaban J connectivity index is 1.43. The van der Waals surface area contributed by atoms with Crippen molar-refractivity contribution in [2.75, 3.05) is 41.3 Å². The van der Waals surface area contributed by atoms with Crippen LogP contribution in [0.5, 0.6) is 0 Å². The molecule has 0 amide bonds. The second-order valence-electron chi connectivity index (χ2n) is 6.67. The minimum absolute atomic E-state index is 0.218. The van der Waals surface area contributed by atoms with Gasteiger partial charge in [-0.2, -0.15) is 10.1 Å². The number of nitrogens with one attached hydrogen (secondary N) is 1. The monoisotopic (exact) mass is 398 g/mol. The highest BCUT2D eigenvalue weighted by atomic mass is 35.5. The molecule has 1 saturated heterocycles. The van der Waals surface area contributed by atoms with Gasteiger partial charge in [-0.05, 0) is 48.9 Å². The van der Waals surface area contributed by atoms with Gasteiger partial charge in [-0.1, -0.05) is 17.7 Å². The van der Waals surface area contributed by atoms with E-state index in [2.05, 4.69) is 30.3 Å². The van der Waals surface area contributed by atoms with E-state index in [9.17, 15) is 4.39 Å². The molecule has 1 aliphatic heterocycles. The SMILES string of the molecule is Cc1ccc(Cl)cc1Nc1nncc(N2CCN(c3ccc(F)cc3)CC2)n1. The number of anilines is 4. The number of hydrogen-bond donors (Lipinski definition) is 1. The molecular formula is C20H20ClFN6. The molecule has 6 nitrogen and oxygen atoms in total. The fourth-order valence-electron chi connectivity index (χ4n) is 3.20. The van der Waals surface area contributed by atoms with Gasteiger partial charge in [0.2, 0.25) is 5.95 Å². The molecule has 0 atom stereocenters. The number of hydrogen-bond acceptors (Lipinski definition) is 6. The molecule has 0 saturated carbocycles. The van der Waals surface area contributed by atoms with Crippen LogP contribution >= 0.6 is 11.6 Å². The van der Waals surface area contributed by atoms with Crippen LogP contribution in [0.25, 0.3) is 0 Å². The maximum absolute atomic E-state index is 13.1. The molecule has 1 fully saturated rings. The summed E-state index contributed by atoms with van der Waals surface area (Å²) in [4.78, 5) is 9.01. The van der Waals surface area contributed by atoms with Crippen molar-refractivity contribution in [3.05, 3.63) is 65.1 Å². The third-order valence-corrected chi connectivity index (χ3v) is 5.02. The van der Waals surface area contributed by atoms with Gasteiger partial charge in [0.1, 0.15) is 5.82 Å². The number of benzene rings is 2.